The van der Waals surface area contributed by atoms with Gasteiger partial charge in [-0.05, 0) is 84.8 Å². The molecule has 8 nitrogen and oxygen atoms in total. The van der Waals surface area contributed by atoms with E-state index in [1.165, 1.54) is 23.8 Å². The molecule has 2 fully saturated rings. The molecule has 286 valence electrons. The van der Waals surface area contributed by atoms with Gasteiger partial charge in [-0.25, -0.2) is 18.0 Å². The van der Waals surface area contributed by atoms with Crippen LogP contribution in [0.5, 0.6) is 5.75 Å². The monoisotopic (exact) mass is 762 g/mol. The molecule has 54 heavy (non-hydrogen) atoms. The van der Waals surface area contributed by atoms with E-state index in [4.69, 9.17) is 21.1 Å². The number of piperazine rings is 1. The minimum Gasteiger partial charge on any atom is -0.487 e. The van der Waals surface area contributed by atoms with E-state index in [0.717, 1.165) is 42.7 Å². The lowest BCUT2D eigenvalue weighted by atomic mass is 9.88. The number of piperidine rings is 1. The molecule has 0 spiro atoms. The van der Waals surface area contributed by atoms with Crippen molar-refractivity contribution in [3.8, 4) is 16.9 Å². The van der Waals surface area contributed by atoms with E-state index in [9.17, 15) is 22.8 Å². The molecule has 2 aliphatic rings. The van der Waals surface area contributed by atoms with Crippen molar-refractivity contribution < 1.29 is 32.2 Å². The lowest BCUT2D eigenvalue weighted by Crippen LogP contribution is -2.58. The van der Waals surface area contributed by atoms with E-state index in [-0.39, 0.29) is 36.3 Å². The Morgan fingerprint density at radius 2 is 1.54 bits per heavy atom. The molecular formula is C42H46ClF3N4O4. The van der Waals surface area contributed by atoms with Crippen LogP contribution in [-0.2, 0) is 29.1 Å². The first-order valence-electron chi connectivity index (χ1n) is 18.5. The van der Waals surface area contributed by atoms with Crippen LogP contribution in [0.15, 0.2) is 97.1 Å². The van der Waals surface area contributed by atoms with Crippen LogP contribution in [0.1, 0.15) is 29.5 Å². The lowest BCUT2D eigenvalue weighted by Gasteiger charge is -2.40. The first-order valence-corrected chi connectivity index (χ1v) is 18.8. The Hall–Kier alpha value is -4.58. The second-order valence-corrected chi connectivity index (χ2v) is 14.2. The number of carbonyl (C=O) groups excluding carboxylic acids is 2. The average Bonchev–Trinajstić information content (AvgIpc) is 3.19. The highest BCUT2D eigenvalue weighted by molar-refractivity contribution is 6.30. The van der Waals surface area contributed by atoms with Gasteiger partial charge in [0.05, 0.1) is 0 Å². The molecular weight excluding hydrogens is 717 g/mol. The van der Waals surface area contributed by atoms with Gasteiger partial charge < -0.3 is 24.6 Å². The summed E-state index contributed by atoms with van der Waals surface area (Å²) < 4.78 is 51.2. The second-order valence-electron chi connectivity index (χ2n) is 13.8. The number of halogens is 4. The smallest absolute Gasteiger partial charge is 0.408 e. The summed E-state index contributed by atoms with van der Waals surface area (Å²) in [6.07, 6.45) is -1.08. The minimum atomic E-state index is -2.68. The third-order valence-corrected chi connectivity index (χ3v) is 10.4. The summed E-state index contributed by atoms with van der Waals surface area (Å²) >= 11 is 6.41. The Kier molecular flexibility index (Phi) is 13.9. The summed E-state index contributed by atoms with van der Waals surface area (Å²) in [6.45, 7) is 3.37. The van der Waals surface area contributed by atoms with Crippen molar-refractivity contribution in [1.29, 1.82) is 0 Å². The molecule has 12 heteroatoms. The lowest BCUT2D eigenvalue weighted by molar-refractivity contribution is -0.137. The van der Waals surface area contributed by atoms with Gasteiger partial charge in [0.1, 0.15) is 30.8 Å². The van der Waals surface area contributed by atoms with Crippen LogP contribution in [0.25, 0.3) is 11.1 Å². The van der Waals surface area contributed by atoms with Crippen molar-refractivity contribution in [2.24, 2.45) is 5.92 Å². The zero-order valence-electron chi connectivity index (χ0n) is 30.1. The summed E-state index contributed by atoms with van der Waals surface area (Å²) in [5, 5.41) is 3.62. The van der Waals surface area contributed by atoms with Gasteiger partial charge in [0, 0.05) is 49.9 Å². The van der Waals surface area contributed by atoms with E-state index < -0.39 is 31.0 Å². The van der Waals surface area contributed by atoms with Crippen molar-refractivity contribution in [3.05, 3.63) is 125 Å². The Balaban J connectivity index is 1.07. The van der Waals surface area contributed by atoms with Crippen LogP contribution in [0, 0.1) is 11.7 Å². The Morgan fingerprint density at radius 3 is 2.24 bits per heavy atom. The number of amides is 2. The van der Waals surface area contributed by atoms with Crippen molar-refractivity contribution in [3.63, 3.8) is 0 Å². The summed E-state index contributed by atoms with van der Waals surface area (Å²) in [5.41, 5.74) is 4.53. The first kappa shape index (κ1) is 39.1. The highest BCUT2D eigenvalue weighted by Crippen LogP contribution is 2.29. The highest BCUT2D eigenvalue weighted by Gasteiger charge is 2.37. The quantitative estimate of drug-likeness (QED) is 0.142. The molecule has 2 aliphatic heterocycles. The molecule has 0 aliphatic carbocycles. The van der Waals surface area contributed by atoms with Gasteiger partial charge in [-0.1, -0.05) is 84.4 Å². The molecule has 0 aromatic heterocycles. The van der Waals surface area contributed by atoms with Crippen LogP contribution >= 0.6 is 11.6 Å². The molecule has 6 rings (SSSR count). The van der Waals surface area contributed by atoms with Crippen molar-refractivity contribution in [2.75, 3.05) is 52.4 Å². The number of alkyl carbamates (subject to hydrolysis) is 1. The predicted molar refractivity (Wildman–Crippen MR) is 203 cm³/mol. The molecule has 1 atom stereocenters. The summed E-state index contributed by atoms with van der Waals surface area (Å²) in [5.74, 6) is -0.727. The maximum Gasteiger partial charge on any atom is 0.408 e. The van der Waals surface area contributed by atoms with E-state index >= 15 is 0 Å². The summed E-state index contributed by atoms with van der Waals surface area (Å²) in [7, 11) is 0. The van der Waals surface area contributed by atoms with E-state index in [0.29, 0.717) is 44.0 Å². The van der Waals surface area contributed by atoms with Gasteiger partial charge >= 0.3 is 6.09 Å². The maximum atomic E-state index is 14.8. The highest BCUT2D eigenvalue weighted by atomic mass is 35.5. The van der Waals surface area contributed by atoms with Crippen LogP contribution in [0.2, 0.25) is 5.02 Å². The molecule has 1 N–H and O–H groups in total. The number of nitrogens with one attached hydrogen (secondary N) is 1. The molecule has 2 heterocycles. The van der Waals surface area contributed by atoms with Crippen LogP contribution < -0.4 is 10.1 Å². The number of carbonyl (C=O) groups is 2. The number of benzene rings is 4. The minimum absolute atomic E-state index is 0.0816. The average molecular weight is 763 g/mol. The Labute approximate surface area is 319 Å². The predicted octanol–water partition coefficient (Wildman–Crippen LogP) is 7.68. The van der Waals surface area contributed by atoms with Gasteiger partial charge in [0.15, 0.2) is 0 Å². The van der Waals surface area contributed by atoms with Gasteiger partial charge in [0.25, 0.3) is 6.43 Å². The largest absolute Gasteiger partial charge is 0.487 e. The van der Waals surface area contributed by atoms with Gasteiger partial charge in [0.2, 0.25) is 5.91 Å². The number of alkyl halides is 2. The zero-order chi connectivity index (χ0) is 37.9. The van der Waals surface area contributed by atoms with E-state index in [1.54, 1.807) is 4.90 Å². The van der Waals surface area contributed by atoms with Gasteiger partial charge in [-0.3, -0.25) is 9.69 Å². The van der Waals surface area contributed by atoms with E-state index in [2.05, 4.69) is 28.4 Å². The topological polar surface area (TPSA) is 74.4 Å². The fourth-order valence-corrected chi connectivity index (χ4v) is 7.45. The summed E-state index contributed by atoms with van der Waals surface area (Å²) in [6, 6.07) is 29.1. The zero-order valence-corrected chi connectivity index (χ0v) is 30.9. The van der Waals surface area contributed by atoms with Crippen molar-refractivity contribution in [1.82, 2.24) is 20.0 Å². The number of hydrogen-bond donors (Lipinski definition) is 1. The number of rotatable bonds is 14. The number of nitrogens with zero attached hydrogens (tertiary/aromatic N) is 3. The Bertz CT molecular complexity index is 1820. The van der Waals surface area contributed by atoms with Crippen LogP contribution in [0.3, 0.4) is 0 Å². The fourth-order valence-electron chi connectivity index (χ4n) is 7.26. The normalized spacial score (nSPS) is 16.3. The number of likely N-dealkylation sites (tertiary alicyclic amines) is 1. The van der Waals surface area contributed by atoms with Gasteiger partial charge in [-0.15, -0.1) is 0 Å². The van der Waals surface area contributed by atoms with Crippen LogP contribution in [-0.4, -0.2) is 91.6 Å². The second kappa shape index (κ2) is 19.1. The van der Waals surface area contributed by atoms with Gasteiger partial charge in [-0.2, -0.15) is 0 Å². The third-order valence-electron chi connectivity index (χ3n) is 10.2. The molecule has 0 unspecified atom stereocenters. The maximum absolute atomic E-state index is 14.8. The Morgan fingerprint density at radius 1 is 0.833 bits per heavy atom. The van der Waals surface area contributed by atoms with Crippen molar-refractivity contribution in [2.45, 2.75) is 44.9 Å². The molecule has 4 aromatic carbocycles. The standard InChI is InChI=1S/C42H46ClF3N4O4/c43-34-14-15-35(31-10-5-2-6-11-31)33(26-34)18-21-48-19-16-32(17-20-48)40(47-42(52)54-28-30-8-3-1-4-9-30)41(51)50-24-22-49(23-25-50)27-36-37(44)12-7-13-38(36)53-29-39(45)46/h1-15,26,32,39-40H,16-25,27-29H2,(H,47,52)/t40-/m1/s1. The third kappa shape index (κ3) is 10.8. The van der Waals surface area contributed by atoms with Crippen molar-refractivity contribution >= 4 is 23.6 Å². The number of hydrogen-bond acceptors (Lipinski definition) is 6. The molecule has 0 radical (unpaired) electrons. The molecule has 4 aromatic rings. The molecule has 0 saturated carbocycles. The molecule has 0 bridgehead atoms. The van der Waals surface area contributed by atoms with E-state index in [1.807, 2.05) is 65.6 Å². The molecule has 2 saturated heterocycles. The molecule has 2 amide bonds. The first-order chi connectivity index (χ1) is 26.2. The fraction of sp³-hybridized carbons (Fsp3) is 0.381. The SMILES string of the molecule is O=C(N[C@@H](C(=O)N1CCN(Cc2c(F)cccc2OCC(F)F)CC1)C1CCN(CCc2cc(Cl)ccc2-c2ccccc2)CC1)OCc1ccccc1. The summed E-state index contributed by atoms with van der Waals surface area (Å²) in [4.78, 5) is 33.4. The number of ether oxygens (including phenoxy) is 2. The van der Waals surface area contributed by atoms with Crippen LogP contribution in [0.4, 0.5) is 18.0 Å².